The number of allylic oxidation sites excluding steroid dienone is 1. The van der Waals surface area contributed by atoms with Crippen molar-refractivity contribution in [1.82, 2.24) is 0 Å². The van der Waals surface area contributed by atoms with Gasteiger partial charge >= 0.3 is 11.9 Å². The molecule has 66 heavy (non-hydrogen) atoms. The van der Waals surface area contributed by atoms with Crippen LogP contribution in [0.1, 0.15) is 27.2 Å². The summed E-state index contributed by atoms with van der Waals surface area (Å²) >= 11 is 1.50. The predicted molar refractivity (Wildman–Crippen MR) is 247 cm³/mol. The van der Waals surface area contributed by atoms with Gasteiger partial charge in [0.2, 0.25) is 0 Å². The molecule has 3 aromatic rings. The van der Waals surface area contributed by atoms with Crippen molar-refractivity contribution in [3.63, 3.8) is 0 Å². The molecule has 2 aromatic carbocycles. The fraction of sp³-hybridized carbons (Fsp3) is 0.500. The van der Waals surface area contributed by atoms with E-state index in [-0.39, 0.29) is 110 Å². The molecule has 18 heteroatoms. The van der Waals surface area contributed by atoms with E-state index in [2.05, 4.69) is 26.3 Å². The Balaban J connectivity index is 1.72. The zero-order chi connectivity index (χ0) is 48.0. The summed E-state index contributed by atoms with van der Waals surface area (Å²) in [6.07, 6.45) is 1.26. The van der Waals surface area contributed by atoms with E-state index >= 15 is 0 Å². The SMILES string of the molecule is C=CC(=C)OCCOCCOC(C)OCC(COC(C)OCCOCCOC(=O)C=C)(COC(C)OCCOCCOC(=O)C=C)CC(=O)COc1ccc2sc3ccccc3c(=O)c2c1. The molecule has 17 nitrogen and oxygen atoms in total. The van der Waals surface area contributed by atoms with Crippen molar-refractivity contribution in [2.24, 2.45) is 5.41 Å². The van der Waals surface area contributed by atoms with Crippen molar-refractivity contribution in [2.75, 3.05) is 106 Å². The Hall–Kier alpha value is -4.86. The summed E-state index contributed by atoms with van der Waals surface area (Å²) in [5.74, 6) is -0.588. The maximum atomic E-state index is 14.0. The number of ether oxygens (including phenoxy) is 13. The molecule has 0 saturated heterocycles. The van der Waals surface area contributed by atoms with Crippen LogP contribution in [0.4, 0.5) is 0 Å². The van der Waals surface area contributed by atoms with Gasteiger partial charge in [-0.25, -0.2) is 9.59 Å². The topological polar surface area (TPSA) is 188 Å². The molecular weight excluding hydrogens is 881 g/mol. The number of benzene rings is 2. The lowest BCUT2D eigenvalue weighted by Crippen LogP contribution is -2.43. The smallest absolute Gasteiger partial charge is 0.330 e. The molecule has 0 fully saturated rings. The van der Waals surface area contributed by atoms with Gasteiger partial charge in [-0.15, -0.1) is 11.3 Å². The van der Waals surface area contributed by atoms with Crippen LogP contribution in [0.5, 0.6) is 5.75 Å². The molecule has 1 aromatic heterocycles. The minimum Gasteiger partial charge on any atom is -0.492 e. The Bertz CT molecular complexity index is 1930. The molecule has 0 aliphatic carbocycles. The van der Waals surface area contributed by atoms with E-state index in [0.29, 0.717) is 35.5 Å². The number of carbonyl (C=O) groups excluding carboxylic acids is 3. The Labute approximate surface area is 390 Å². The highest BCUT2D eigenvalue weighted by atomic mass is 32.1. The number of carbonyl (C=O) groups is 3. The van der Waals surface area contributed by atoms with E-state index in [1.807, 2.05) is 24.3 Å². The monoisotopic (exact) mass is 944 g/mol. The summed E-state index contributed by atoms with van der Waals surface area (Å²) in [7, 11) is 0. The first-order valence-electron chi connectivity index (χ1n) is 21.4. The minimum absolute atomic E-state index is 0.0640. The van der Waals surface area contributed by atoms with Crippen LogP contribution >= 0.6 is 11.3 Å². The summed E-state index contributed by atoms with van der Waals surface area (Å²) in [5, 5.41) is 1.10. The van der Waals surface area contributed by atoms with Crippen molar-refractivity contribution >= 4 is 49.2 Å². The van der Waals surface area contributed by atoms with Crippen molar-refractivity contribution < 1.29 is 76.0 Å². The Kier molecular flexibility index (Phi) is 26.9. The molecule has 0 aliphatic heterocycles. The van der Waals surface area contributed by atoms with Crippen LogP contribution in [-0.4, -0.2) is 142 Å². The molecule has 0 bridgehead atoms. The van der Waals surface area contributed by atoms with Crippen LogP contribution in [0.15, 0.2) is 97.6 Å². The van der Waals surface area contributed by atoms with Gasteiger partial charge in [-0.3, -0.25) is 9.59 Å². The zero-order valence-corrected chi connectivity index (χ0v) is 39.0. The van der Waals surface area contributed by atoms with E-state index < -0.39 is 36.2 Å². The third-order valence-electron chi connectivity index (χ3n) is 9.15. The van der Waals surface area contributed by atoms with Gasteiger partial charge in [-0.05, 0) is 57.2 Å². The highest BCUT2D eigenvalue weighted by Gasteiger charge is 2.37. The molecule has 0 radical (unpaired) electrons. The second-order valence-corrected chi connectivity index (χ2v) is 15.5. The van der Waals surface area contributed by atoms with E-state index in [0.717, 1.165) is 21.6 Å². The molecule has 0 amide bonds. The van der Waals surface area contributed by atoms with E-state index in [4.69, 9.17) is 61.6 Å². The van der Waals surface area contributed by atoms with Crippen molar-refractivity contribution in [3.05, 3.63) is 103 Å². The molecule has 3 atom stereocenters. The van der Waals surface area contributed by atoms with Gasteiger partial charge < -0.3 is 61.6 Å². The lowest BCUT2D eigenvalue weighted by atomic mass is 9.85. The average Bonchev–Trinajstić information content (AvgIpc) is 3.32. The first-order valence-corrected chi connectivity index (χ1v) is 22.3. The molecule has 1 heterocycles. The zero-order valence-electron chi connectivity index (χ0n) is 38.2. The van der Waals surface area contributed by atoms with Gasteiger partial charge in [0.05, 0.1) is 79.3 Å². The van der Waals surface area contributed by atoms with Crippen LogP contribution in [0.25, 0.3) is 20.2 Å². The molecule has 364 valence electrons. The number of Topliss-reactive ketones (excluding diaryl/α,β-unsaturated/α-hetero) is 1. The number of hydrogen-bond acceptors (Lipinski definition) is 18. The summed E-state index contributed by atoms with van der Waals surface area (Å²) in [6.45, 7) is 20.8. The van der Waals surface area contributed by atoms with Crippen LogP contribution in [0.2, 0.25) is 0 Å². The molecule has 0 saturated carbocycles. The summed E-state index contributed by atoms with van der Waals surface area (Å²) in [4.78, 5) is 49.8. The number of ketones is 1. The minimum atomic E-state index is -1.14. The Morgan fingerprint density at radius 3 is 1.56 bits per heavy atom. The first kappa shape index (κ1) is 55.5. The van der Waals surface area contributed by atoms with Gasteiger partial charge in [0.1, 0.15) is 37.9 Å². The largest absolute Gasteiger partial charge is 0.492 e. The number of esters is 2. The van der Waals surface area contributed by atoms with Gasteiger partial charge in [0.15, 0.2) is 30.1 Å². The van der Waals surface area contributed by atoms with E-state index in [1.54, 1.807) is 39.0 Å². The third kappa shape index (κ3) is 22.1. The van der Waals surface area contributed by atoms with Crippen molar-refractivity contribution in [3.8, 4) is 5.75 Å². The van der Waals surface area contributed by atoms with E-state index in [9.17, 15) is 19.2 Å². The fourth-order valence-corrected chi connectivity index (χ4v) is 6.80. The van der Waals surface area contributed by atoms with Crippen LogP contribution in [0, 0.1) is 5.41 Å². The lowest BCUT2D eigenvalue weighted by Gasteiger charge is -2.35. The standard InChI is InChI=1S/C48H64O17S/c1-8-35(4)56-23-17-53-18-24-57-36(5)63-32-48(33-64-37(6)58-25-19-54-21-27-60-45(50)9-2,34-65-38(7)59-26-20-55-22-28-61-46(51)10-3)30-39(49)31-62-40-15-16-44-42(29-40)47(52)41-13-11-12-14-43(41)66-44/h8-16,29,36-38H,1-4,17-28,30-34H2,5-7H3. The van der Waals surface area contributed by atoms with E-state index in [1.165, 1.54) is 17.4 Å². The quantitative estimate of drug-likeness (QED) is 0.0121. The number of fused-ring (bicyclic) bond motifs is 2. The molecule has 3 rings (SSSR count). The van der Waals surface area contributed by atoms with Gasteiger partial charge in [0, 0.05) is 44.2 Å². The highest BCUT2D eigenvalue weighted by molar-refractivity contribution is 7.24. The maximum absolute atomic E-state index is 14.0. The van der Waals surface area contributed by atoms with Gasteiger partial charge in [-0.1, -0.05) is 38.4 Å². The molecule has 0 N–H and O–H groups in total. The highest BCUT2D eigenvalue weighted by Crippen LogP contribution is 2.30. The Morgan fingerprint density at radius 2 is 1.06 bits per heavy atom. The number of rotatable bonds is 39. The van der Waals surface area contributed by atoms with Crippen LogP contribution in [0.3, 0.4) is 0 Å². The summed E-state index contributed by atoms with van der Waals surface area (Å²) in [5.41, 5.74) is -1.26. The molecular formula is C48H64O17S. The Morgan fingerprint density at radius 1 is 0.591 bits per heavy atom. The normalized spacial score (nSPS) is 13.6. The maximum Gasteiger partial charge on any atom is 0.330 e. The lowest BCUT2D eigenvalue weighted by molar-refractivity contribution is -0.217. The second kappa shape index (κ2) is 31.9. The number of hydrogen-bond donors (Lipinski definition) is 0. The molecule has 3 unspecified atom stereocenters. The fourth-order valence-electron chi connectivity index (χ4n) is 5.75. The summed E-state index contributed by atoms with van der Waals surface area (Å²) < 4.78 is 75.5. The van der Waals surface area contributed by atoms with Crippen LogP contribution < -0.4 is 10.2 Å². The van der Waals surface area contributed by atoms with Crippen molar-refractivity contribution in [2.45, 2.75) is 46.1 Å². The predicted octanol–water partition coefficient (Wildman–Crippen LogP) is 6.10. The van der Waals surface area contributed by atoms with Crippen molar-refractivity contribution in [1.29, 1.82) is 0 Å². The molecule has 0 spiro atoms. The second-order valence-electron chi connectivity index (χ2n) is 14.4. The van der Waals surface area contributed by atoms with Gasteiger partial charge in [-0.2, -0.15) is 0 Å². The molecule has 0 aliphatic rings. The third-order valence-corrected chi connectivity index (χ3v) is 10.3. The average molecular weight is 945 g/mol. The van der Waals surface area contributed by atoms with Gasteiger partial charge in [0.25, 0.3) is 0 Å². The van der Waals surface area contributed by atoms with Crippen LogP contribution in [-0.2, 0) is 71.2 Å². The first-order chi connectivity index (χ1) is 31.9. The summed E-state index contributed by atoms with van der Waals surface area (Å²) in [6, 6.07) is 12.6.